The number of rotatable bonds is 2. The largest absolute Gasteiger partial charge is 0.306 e. The summed E-state index contributed by atoms with van der Waals surface area (Å²) in [5.41, 5.74) is 0.870. The van der Waals surface area contributed by atoms with Crippen molar-refractivity contribution in [2.75, 3.05) is 0 Å². The van der Waals surface area contributed by atoms with Gasteiger partial charge in [0.05, 0.1) is 0 Å². The van der Waals surface area contributed by atoms with Crippen molar-refractivity contribution in [1.82, 2.24) is 5.32 Å². The molecule has 1 nitrogen and oxygen atoms in total. The summed E-state index contributed by atoms with van der Waals surface area (Å²) in [5.74, 6) is 1.96. The Bertz CT molecular complexity index is 279. The van der Waals surface area contributed by atoms with Crippen LogP contribution in [0.5, 0.6) is 0 Å². The minimum atomic E-state index is 0.363. The molecule has 3 aliphatic rings. The van der Waals surface area contributed by atoms with Gasteiger partial charge in [0.15, 0.2) is 0 Å². The lowest BCUT2D eigenvalue weighted by Crippen LogP contribution is -2.61. The monoisotopic (exact) mass is 263 g/mol. The van der Waals surface area contributed by atoms with Crippen LogP contribution >= 0.6 is 0 Å². The fraction of sp³-hybridized carbons (Fsp3) is 1.00. The summed E-state index contributed by atoms with van der Waals surface area (Å²) in [7, 11) is 0. The minimum Gasteiger partial charge on any atom is -0.306 e. The van der Waals surface area contributed by atoms with E-state index >= 15 is 0 Å². The van der Waals surface area contributed by atoms with Gasteiger partial charge in [0.2, 0.25) is 0 Å². The Balaban J connectivity index is 1.89. The summed E-state index contributed by atoms with van der Waals surface area (Å²) < 4.78 is 0. The van der Waals surface area contributed by atoms with E-state index in [0.717, 1.165) is 11.8 Å². The van der Waals surface area contributed by atoms with Gasteiger partial charge in [-0.1, -0.05) is 38.5 Å². The van der Waals surface area contributed by atoms with Crippen molar-refractivity contribution in [1.29, 1.82) is 0 Å². The molecule has 0 radical (unpaired) electrons. The predicted molar refractivity (Wildman–Crippen MR) is 82.3 cm³/mol. The van der Waals surface area contributed by atoms with E-state index in [1.165, 1.54) is 77.0 Å². The van der Waals surface area contributed by atoms with Gasteiger partial charge in [0.1, 0.15) is 0 Å². The summed E-state index contributed by atoms with van der Waals surface area (Å²) >= 11 is 0. The number of hydrogen-bond donors (Lipinski definition) is 1. The molecule has 2 aliphatic carbocycles. The zero-order valence-electron chi connectivity index (χ0n) is 13.1. The van der Waals surface area contributed by atoms with Crippen molar-refractivity contribution >= 4 is 0 Å². The van der Waals surface area contributed by atoms with Crippen molar-refractivity contribution in [3.05, 3.63) is 0 Å². The van der Waals surface area contributed by atoms with Crippen LogP contribution in [0.3, 0.4) is 0 Å². The fourth-order valence-electron chi connectivity index (χ4n) is 5.57. The first-order valence-corrected chi connectivity index (χ1v) is 8.92. The molecule has 0 aromatic carbocycles. The molecule has 1 heteroatoms. The Morgan fingerprint density at radius 1 is 0.684 bits per heavy atom. The molecule has 2 saturated carbocycles. The van der Waals surface area contributed by atoms with Crippen molar-refractivity contribution in [2.45, 2.75) is 102 Å². The minimum absolute atomic E-state index is 0.363. The lowest BCUT2D eigenvalue weighted by atomic mass is 9.69. The lowest BCUT2D eigenvalue weighted by molar-refractivity contribution is 0.0863. The van der Waals surface area contributed by atoms with Gasteiger partial charge in [0, 0.05) is 11.1 Å². The fourth-order valence-corrected chi connectivity index (χ4v) is 5.57. The summed E-state index contributed by atoms with van der Waals surface area (Å²) in [5, 5.41) is 4.25. The highest BCUT2D eigenvalue weighted by Crippen LogP contribution is 2.49. The average Bonchev–Trinajstić information content (AvgIpc) is 3.03. The first-order chi connectivity index (χ1) is 9.12. The lowest BCUT2D eigenvalue weighted by Gasteiger charge is -2.49. The highest BCUT2D eigenvalue weighted by Gasteiger charge is 2.49. The van der Waals surface area contributed by atoms with Gasteiger partial charge in [0.25, 0.3) is 0 Å². The summed E-state index contributed by atoms with van der Waals surface area (Å²) in [6.07, 6.45) is 17.7. The second kappa shape index (κ2) is 5.39. The Kier molecular flexibility index (Phi) is 3.95. The Labute approximate surface area is 119 Å². The van der Waals surface area contributed by atoms with Gasteiger partial charge < -0.3 is 5.32 Å². The van der Waals surface area contributed by atoms with Crippen LogP contribution in [-0.2, 0) is 0 Å². The van der Waals surface area contributed by atoms with Crippen LogP contribution in [0.4, 0.5) is 0 Å². The number of nitrogens with one attached hydrogen (secondary N) is 1. The molecule has 0 atom stereocenters. The first kappa shape index (κ1) is 13.9. The Morgan fingerprint density at radius 3 is 1.68 bits per heavy atom. The van der Waals surface area contributed by atoms with Crippen LogP contribution in [0.2, 0.25) is 0 Å². The topological polar surface area (TPSA) is 12.0 Å². The highest BCUT2D eigenvalue weighted by molar-refractivity contribution is 5.06. The molecule has 110 valence electrons. The van der Waals surface area contributed by atoms with Crippen molar-refractivity contribution in [3.63, 3.8) is 0 Å². The quantitative estimate of drug-likeness (QED) is 0.735. The maximum atomic E-state index is 4.25. The summed E-state index contributed by atoms with van der Waals surface area (Å²) in [6, 6.07) is 0. The standard InChI is InChI=1S/C18H33N/c1-17(2)13-7-8-14-18(19-17,15-9-3-4-10-15)16-11-5-6-12-16/h15-16,19H,3-14H2,1-2H3. The van der Waals surface area contributed by atoms with Crippen molar-refractivity contribution in [3.8, 4) is 0 Å². The first-order valence-electron chi connectivity index (χ1n) is 8.92. The molecule has 1 heterocycles. The maximum Gasteiger partial charge on any atom is 0.0242 e. The normalized spacial score (nSPS) is 32.5. The van der Waals surface area contributed by atoms with Crippen LogP contribution in [0.25, 0.3) is 0 Å². The number of hydrogen-bond acceptors (Lipinski definition) is 1. The van der Waals surface area contributed by atoms with E-state index in [4.69, 9.17) is 0 Å². The second-order valence-electron chi connectivity index (χ2n) is 8.22. The molecule has 0 unspecified atom stereocenters. The van der Waals surface area contributed by atoms with Crippen LogP contribution in [0.15, 0.2) is 0 Å². The van der Waals surface area contributed by atoms with Crippen LogP contribution in [0.1, 0.15) is 90.9 Å². The molecule has 0 spiro atoms. The molecular weight excluding hydrogens is 230 g/mol. The molecule has 3 rings (SSSR count). The summed E-state index contributed by atoms with van der Waals surface area (Å²) in [6.45, 7) is 4.91. The summed E-state index contributed by atoms with van der Waals surface area (Å²) in [4.78, 5) is 0. The highest BCUT2D eigenvalue weighted by atomic mass is 15.1. The predicted octanol–water partition coefficient (Wildman–Crippen LogP) is 5.05. The molecule has 0 bridgehead atoms. The molecule has 1 aliphatic heterocycles. The van der Waals surface area contributed by atoms with Crippen molar-refractivity contribution in [2.24, 2.45) is 11.8 Å². The third-order valence-electron chi connectivity index (χ3n) is 6.38. The van der Waals surface area contributed by atoms with Crippen molar-refractivity contribution < 1.29 is 0 Å². The van der Waals surface area contributed by atoms with Gasteiger partial charge in [-0.25, -0.2) is 0 Å². The third kappa shape index (κ3) is 2.73. The SMILES string of the molecule is CC1(C)CCCCC(C2CCCC2)(C2CCCC2)N1. The molecule has 0 aromatic heterocycles. The van der Waals surface area contributed by atoms with Gasteiger partial charge in [-0.05, 0) is 64.2 Å². The second-order valence-corrected chi connectivity index (χ2v) is 8.22. The van der Waals surface area contributed by atoms with E-state index in [1.807, 2.05) is 0 Å². The maximum absolute atomic E-state index is 4.25. The third-order valence-corrected chi connectivity index (χ3v) is 6.38. The Morgan fingerprint density at radius 2 is 1.16 bits per heavy atom. The molecule has 1 N–H and O–H groups in total. The van der Waals surface area contributed by atoms with Crippen LogP contribution < -0.4 is 5.32 Å². The molecular formula is C18H33N. The molecule has 0 amide bonds. The van der Waals surface area contributed by atoms with Crippen LogP contribution in [0, 0.1) is 11.8 Å². The molecule has 19 heavy (non-hydrogen) atoms. The van der Waals surface area contributed by atoms with E-state index < -0.39 is 0 Å². The van der Waals surface area contributed by atoms with E-state index in [9.17, 15) is 0 Å². The smallest absolute Gasteiger partial charge is 0.0242 e. The van der Waals surface area contributed by atoms with E-state index in [2.05, 4.69) is 19.2 Å². The van der Waals surface area contributed by atoms with E-state index in [0.29, 0.717) is 11.1 Å². The Hall–Kier alpha value is -0.0400. The van der Waals surface area contributed by atoms with Gasteiger partial charge in [-0.15, -0.1) is 0 Å². The van der Waals surface area contributed by atoms with Gasteiger partial charge in [-0.3, -0.25) is 0 Å². The average molecular weight is 263 g/mol. The zero-order chi connectivity index (χ0) is 13.3. The molecule has 1 saturated heterocycles. The molecule has 3 fully saturated rings. The molecule has 0 aromatic rings. The zero-order valence-corrected chi connectivity index (χ0v) is 13.1. The van der Waals surface area contributed by atoms with Crippen LogP contribution in [-0.4, -0.2) is 11.1 Å². The van der Waals surface area contributed by atoms with Gasteiger partial charge >= 0.3 is 0 Å². The van der Waals surface area contributed by atoms with E-state index in [1.54, 1.807) is 0 Å². The van der Waals surface area contributed by atoms with Gasteiger partial charge in [-0.2, -0.15) is 0 Å². The van der Waals surface area contributed by atoms with E-state index in [-0.39, 0.29) is 0 Å².